The average molecular weight is 301 g/mol. The maximum atomic E-state index is 11.3. The Balaban J connectivity index is 2.17. The molecule has 2 rings (SSSR count). The van der Waals surface area contributed by atoms with E-state index in [1.165, 1.54) is 18.2 Å². The van der Waals surface area contributed by atoms with Crippen LogP contribution in [0.15, 0.2) is 23.1 Å². The maximum absolute atomic E-state index is 11.3. The number of nitrogen functional groups attached to an aromatic ring is 1. The largest absolute Gasteiger partial charge is 0.397 e. The van der Waals surface area contributed by atoms with Crippen LogP contribution in [0, 0.1) is 0 Å². The van der Waals surface area contributed by atoms with Crippen LogP contribution in [0.4, 0.5) is 11.4 Å². The zero-order valence-corrected chi connectivity index (χ0v) is 12.0. The highest BCUT2D eigenvalue weighted by Crippen LogP contribution is 2.28. The van der Waals surface area contributed by atoms with Crippen LogP contribution >= 0.6 is 0 Å². The second kappa shape index (κ2) is 5.21. The second-order valence-electron chi connectivity index (χ2n) is 5.01. The summed E-state index contributed by atoms with van der Waals surface area (Å²) in [4.78, 5) is -0.0306. The molecule has 1 fully saturated rings. The van der Waals surface area contributed by atoms with Gasteiger partial charge >= 0.3 is 0 Å². The van der Waals surface area contributed by atoms with Gasteiger partial charge in [-0.15, -0.1) is 0 Å². The fourth-order valence-corrected chi connectivity index (χ4v) is 2.66. The van der Waals surface area contributed by atoms with Gasteiger partial charge in [-0.1, -0.05) is 0 Å². The molecular weight excluding hydrogens is 282 g/mol. The van der Waals surface area contributed by atoms with Crippen molar-refractivity contribution in [2.24, 2.45) is 5.14 Å². The predicted molar refractivity (Wildman–Crippen MR) is 75.7 cm³/mol. The molecule has 0 aromatic heterocycles. The van der Waals surface area contributed by atoms with Crippen molar-refractivity contribution in [2.45, 2.75) is 29.9 Å². The van der Waals surface area contributed by atoms with Crippen molar-refractivity contribution in [2.75, 3.05) is 24.2 Å². The molecule has 0 radical (unpaired) electrons. The summed E-state index contributed by atoms with van der Waals surface area (Å²) >= 11 is 0. The second-order valence-corrected chi connectivity index (χ2v) is 6.58. The smallest absolute Gasteiger partial charge is 0.238 e. The highest BCUT2D eigenvalue weighted by molar-refractivity contribution is 7.89. The molecule has 0 saturated carbocycles. The first-order valence-corrected chi connectivity index (χ1v) is 7.77. The van der Waals surface area contributed by atoms with Crippen molar-refractivity contribution in [1.82, 2.24) is 0 Å². The first-order chi connectivity index (χ1) is 9.22. The summed E-state index contributed by atoms with van der Waals surface area (Å²) in [7, 11) is -3.79. The highest BCUT2D eigenvalue weighted by atomic mass is 32.2. The maximum Gasteiger partial charge on any atom is 0.238 e. The molecule has 20 heavy (non-hydrogen) atoms. The molecule has 1 aliphatic heterocycles. The van der Waals surface area contributed by atoms with E-state index in [2.05, 4.69) is 5.32 Å². The third-order valence-electron chi connectivity index (χ3n) is 3.60. The fourth-order valence-electron chi connectivity index (χ4n) is 2.12. The summed E-state index contributed by atoms with van der Waals surface area (Å²) in [5, 5.41) is 18.4. The molecule has 1 aromatic carbocycles. The Morgan fingerprint density at radius 1 is 1.55 bits per heavy atom. The number of primary sulfonamides is 1. The number of ether oxygens (including phenoxy) is 1. The summed E-state index contributed by atoms with van der Waals surface area (Å²) in [5.74, 6) is 0. The van der Waals surface area contributed by atoms with Crippen molar-refractivity contribution in [3.05, 3.63) is 18.2 Å². The number of hydrogen-bond acceptors (Lipinski definition) is 6. The van der Waals surface area contributed by atoms with Crippen molar-refractivity contribution < 1.29 is 18.3 Å². The van der Waals surface area contributed by atoms with Crippen molar-refractivity contribution in [3.8, 4) is 0 Å². The van der Waals surface area contributed by atoms with Crippen LogP contribution in [-0.4, -0.2) is 38.4 Å². The lowest BCUT2D eigenvalue weighted by Crippen LogP contribution is -2.43. The number of benzene rings is 1. The molecule has 1 aliphatic rings. The minimum atomic E-state index is -3.79. The van der Waals surface area contributed by atoms with Gasteiger partial charge in [-0.25, -0.2) is 13.6 Å². The first kappa shape index (κ1) is 15.0. The van der Waals surface area contributed by atoms with E-state index in [1.807, 2.05) is 0 Å². The molecular formula is C12H19N3O4S. The van der Waals surface area contributed by atoms with Gasteiger partial charge in [0.15, 0.2) is 0 Å². The highest BCUT2D eigenvalue weighted by Gasteiger charge is 2.39. The summed E-state index contributed by atoms with van der Waals surface area (Å²) in [5.41, 5.74) is 5.59. The molecule has 1 heterocycles. The number of aliphatic hydroxyl groups is 1. The molecule has 0 bridgehead atoms. The van der Waals surface area contributed by atoms with E-state index in [0.717, 1.165) is 0 Å². The third-order valence-corrected chi connectivity index (χ3v) is 4.51. The number of nitrogens with one attached hydrogen (secondary N) is 1. The quantitative estimate of drug-likeness (QED) is 0.573. The summed E-state index contributed by atoms with van der Waals surface area (Å²) in [6, 6.07) is 4.15. The van der Waals surface area contributed by atoms with Gasteiger partial charge in [-0.3, -0.25) is 0 Å². The zero-order chi connectivity index (χ0) is 15.0. The molecule has 7 nitrogen and oxygen atoms in total. The van der Waals surface area contributed by atoms with Crippen LogP contribution < -0.4 is 16.2 Å². The fraction of sp³-hybridized carbons (Fsp3) is 0.500. The van der Waals surface area contributed by atoms with Crippen molar-refractivity contribution in [1.29, 1.82) is 0 Å². The molecule has 1 aromatic rings. The standard InChI is InChI=1S/C12H19N3O4S/c1-8-12(16,4-5-19-8)7-15-11-6-9(20(14,17)18)2-3-10(11)13/h2-3,6,8,15-16H,4-5,7,13H2,1H3,(H2,14,17,18). The number of rotatable bonds is 4. The summed E-state index contributed by atoms with van der Waals surface area (Å²) in [6.07, 6.45) is 0.216. The molecule has 0 spiro atoms. The minimum Gasteiger partial charge on any atom is -0.397 e. The number of sulfonamides is 1. The van der Waals surface area contributed by atoms with Crippen LogP contribution in [0.5, 0.6) is 0 Å². The first-order valence-electron chi connectivity index (χ1n) is 6.22. The molecule has 0 amide bonds. The summed E-state index contributed by atoms with van der Waals surface area (Å²) in [6.45, 7) is 2.50. The third kappa shape index (κ3) is 3.04. The van der Waals surface area contributed by atoms with Gasteiger partial charge in [0.1, 0.15) is 5.60 Å². The van der Waals surface area contributed by atoms with Crippen molar-refractivity contribution >= 4 is 21.4 Å². The predicted octanol–water partition coefficient (Wildman–Crippen LogP) is -0.132. The normalized spacial score (nSPS) is 26.6. The van der Waals surface area contributed by atoms with Crippen LogP contribution in [0.2, 0.25) is 0 Å². The molecule has 6 N–H and O–H groups in total. The minimum absolute atomic E-state index is 0.0306. The van der Waals surface area contributed by atoms with Crippen molar-refractivity contribution in [3.63, 3.8) is 0 Å². The zero-order valence-electron chi connectivity index (χ0n) is 11.2. The van der Waals surface area contributed by atoms with Crippen LogP contribution in [0.1, 0.15) is 13.3 Å². The lowest BCUT2D eigenvalue weighted by atomic mass is 9.96. The molecule has 2 unspecified atom stereocenters. The van der Waals surface area contributed by atoms with E-state index < -0.39 is 15.6 Å². The van der Waals surface area contributed by atoms with Gasteiger partial charge in [-0.05, 0) is 25.1 Å². The monoisotopic (exact) mass is 301 g/mol. The van der Waals surface area contributed by atoms with E-state index in [4.69, 9.17) is 15.6 Å². The Hall–Kier alpha value is -1.35. The van der Waals surface area contributed by atoms with Crippen LogP contribution in [0.25, 0.3) is 0 Å². The SMILES string of the molecule is CC1OCCC1(O)CNc1cc(S(N)(=O)=O)ccc1N. The van der Waals surface area contributed by atoms with E-state index in [1.54, 1.807) is 6.92 Å². The number of anilines is 2. The lowest BCUT2D eigenvalue weighted by molar-refractivity contribution is -0.0175. The van der Waals surface area contributed by atoms with Gasteiger partial charge < -0.3 is 20.9 Å². The van der Waals surface area contributed by atoms with Gasteiger partial charge in [0.05, 0.1) is 22.4 Å². The van der Waals surface area contributed by atoms with Gasteiger partial charge in [0, 0.05) is 19.6 Å². The average Bonchev–Trinajstić information content (AvgIpc) is 2.68. The van der Waals surface area contributed by atoms with Gasteiger partial charge in [0.25, 0.3) is 0 Å². The van der Waals surface area contributed by atoms with Crippen LogP contribution in [-0.2, 0) is 14.8 Å². The Morgan fingerprint density at radius 3 is 2.80 bits per heavy atom. The number of nitrogens with two attached hydrogens (primary N) is 2. The molecule has 8 heteroatoms. The van der Waals surface area contributed by atoms with Crippen LogP contribution in [0.3, 0.4) is 0 Å². The van der Waals surface area contributed by atoms with E-state index in [9.17, 15) is 13.5 Å². The Kier molecular flexibility index (Phi) is 3.92. The topological polar surface area (TPSA) is 128 Å². The van der Waals surface area contributed by atoms with E-state index in [0.29, 0.717) is 24.4 Å². The Morgan fingerprint density at radius 2 is 2.25 bits per heavy atom. The Labute approximate surface area is 118 Å². The molecule has 0 aliphatic carbocycles. The van der Waals surface area contributed by atoms with E-state index in [-0.39, 0.29) is 17.5 Å². The Bertz CT molecular complexity index is 605. The van der Waals surface area contributed by atoms with Gasteiger partial charge in [-0.2, -0.15) is 0 Å². The molecule has 2 atom stereocenters. The van der Waals surface area contributed by atoms with E-state index >= 15 is 0 Å². The lowest BCUT2D eigenvalue weighted by Gasteiger charge is -2.27. The summed E-state index contributed by atoms with van der Waals surface area (Å²) < 4.78 is 28.0. The molecule has 1 saturated heterocycles. The molecule has 112 valence electrons. The number of hydrogen-bond donors (Lipinski definition) is 4. The van der Waals surface area contributed by atoms with Gasteiger partial charge in [0.2, 0.25) is 10.0 Å².